The average molecular weight is 271 g/mol. The van der Waals surface area contributed by atoms with Crippen LogP contribution in [0, 0.1) is 12.3 Å². The van der Waals surface area contributed by atoms with Crippen molar-refractivity contribution < 1.29 is 14.2 Å². The van der Waals surface area contributed by atoms with Crippen LogP contribution in [0.25, 0.3) is 0 Å². The first kappa shape index (κ1) is 12.3. The standard InChI is InChI=1S/C14H13N3O3/c1-8-2-4-10(13(15)16)14(17-8)20-9-3-5-11-12(6-9)19-7-18-11/h2-6H,7H2,1H3,(H3,15,16). The fraction of sp³-hybridized carbons (Fsp3) is 0.143. The minimum Gasteiger partial charge on any atom is -0.454 e. The van der Waals surface area contributed by atoms with Crippen LogP contribution in [0.1, 0.15) is 11.3 Å². The summed E-state index contributed by atoms with van der Waals surface area (Å²) in [6.07, 6.45) is 0. The van der Waals surface area contributed by atoms with E-state index < -0.39 is 0 Å². The van der Waals surface area contributed by atoms with E-state index in [4.69, 9.17) is 25.4 Å². The zero-order valence-electron chi connectivity index (χ0n) is 10.8. The molecule has 1 aromatic carbocycles. The van der Waals surface area contributed by atoms with Crippen LogP contribution in [0.4, 0.5) is 0 Å². The summed E-state index contributed by atoms with van der Waals surface area (Å²) in [6.45, 7) is 2.05. The predicted molar refractivity (Wildman–Crippen MR) is 72.6 cm³/mol. The third-order valence-corrected chi connectivity index (χ3v) is 2.85. The van der Waals surface area contributed by atoms with Crippen molar-refractivity contribution in [1.29, 1.82) is 5.41 Å². The number of nitrogens with two attached hydrogens (primary N) is 1. The molecule has 0 saturated carbocycles. The van der Waals surface area contributed by atoms with Crippen molar-refractivity contribution in [3.8, 4) is 23.1 Å². The second kappa shape index (κ2) is 4.73. The smallest absolute Gasteiger partial charge is 0.231 e. The third kappa shape index (κ3) is 2.23. The van der Waals surface area contributed by atoms with E-state index in [-0.39, 0.29) is 12.6 Å². The van der Waals surface area contributed by atoms with Gasteiger partial charge in [-0.1, -0.05) is 0 Å². The van der Waals surface area contributed by atoms with Gasteiger partial charge in [0.1, 0.15) is 11.6 Å². The number of hydrogen-bond donors (Lipinski definition) is 2. The summed E-state index contributed by atoms with van der Waals surface area (Å²) < 4.78 is 16.2. The molecular weight excluding hydrogens is 258 g/mol. The van der Waals surface area contributed by atoms with Crippen molar-refractivity contribution in [3.05, 3.63) is 41.6 Å². The Bertz CT molecular complexity index is 685. The van der Waals surface area contributed by atoms with Crippen LogP contribution in [-0.2, 0) is 0 Å². The van der Waals surface area contributed by atoms with Gasteiger partial charge in [0.25, 0.3) is 0 Å². The van der Waals surface area contributed by atoms with Crippen LogP contribution in [-0.4, -0.2) is 17.6 Å². The molecule has 2 heterocycles. The molecular formula is C14H13N3O3. The Labute approximate surface area is 115 Å². The lowest BCUT2D eigenvalue weighted by molar-refractivity contribution is 0.174. The van der Waals surface area contributed by atoms with Gasteiger partial charge in [0.15, 0.2) is 11.5 Å². The minimum absolute atomic E-state index is 0.0896. The van der Waals surface area contributed by atoms with Gasteiger partial charge in [0.2, 0.25) is 12.7 Å². The first-order valence-corrected chi connectivity index (χ1v) is 6.03. The SMILES string of the molecule is Cc1ccc(C(=N)N)c(Oc2ccc3c(c2)OCO3)n1. The monoisotopic (exact) mass is 271 g/mol. The maximum Gasteiger partial charge on any atom is 0.231 e. The molecule has 0 saturated heterocycles. The minimum atomic E-state index is -0.0896. The van der Waals surface area contributed by atoms with Crippen molar-refractivity contribution in [1.82, 2.24) is 4.98 Å². The molecule has 1 aromatic heterocycles. The van der Waals surface area contributed by atoms with Gasteiger partial charge in [-0.05, 0) is 31.2 Å². The van der Waals surface area contributed by atoms with Crippen LogP contribution in [0.3, 0.4) is 0 Å². The number of rotatable bonds is 3. The summed E-state index contributed by atoms with van der Waals surface area (Å²) in [5.41, 5.74) is 6.76. The Kier molecular flexibility index (Phi) is 2.90. The number of hydrogen-bond acceptors (Lipinski definition) is 5. The predicted octanol–water partition coefficient (Wildman–Crippen LogP) is 2.20. The summed E-state index contributed by atoms with van der Waals surface area (Å²) in [7, 11) is 0. The summed E-state index contributed by atoms with van der Waals surface area (Å²) in [5, 5.41) is 7.55. The molecule has 20 heavy (non-hydrogen) atoms. The van der Waals surface area contributed by atoms with E-state index in [1.807, 2.05) is 6.92 Å². The van der Waals surface area contributed by atoms with Crippen LogP contribution < -0.4 is 19.9 Å². The molecule has 0 spiro atoms. The molecule has 6 heteroatoms. The number of aromatic nitrogens is 1. The first-order chi connectivity index (χ1) is 9.63. The maximum absolute atomic E-state index is 7.55. The summed E-state index contributed by atoms with van der Waals surface area (Å²) in [6, 6.07) is 8.73. The van der Waals surface area contributed by atoms with Gasteiger partial charge in [0, 0.05) is 11.8 Å². The van der Waals surface area contributed by atoms with Gasteiger partial charge in [-0.3, -0.25) is 5.41 Å². The first-order valence-electron chi connectivity index (χ1n) is 6.03. The fourth-order valence-corrected chi connectivity index (χ4v) is 1.87. The molecule has 0 atom stereocenters. The topological polar surface area (TPSA) is 90.5 Å². The fourth-order valence-electron chi connectivity index (χ4n) is 1.87. The zero-order chi connectivity index (χ0) is 14.1. The van der Waals surface area contributed by atoms with E-state index >= 15 is 0 Å². The lowest BCUT2D eigenvalue weighted by Gasteiger charge is -2.10. The molecule has 0 amide bonds. The molecule has 0 bridgehead atoms. The number of aryl methyl sites for hydroxylation is 1. The Morgan fingerprint density at radius 3 is 2.85 bits per heavy atom. The van der Waals surface area contributed by atoms with Crippen LogP contribution >= 0.6 is 0 Å². The van der Waals surface area contributed by atoms with Crippen molar-refractivity contribution in [2.24, 2.45) is 5.73 Å². The number of ether oxygens (including phenoxy) is 3. The van der Waals surface area contributed by atoms with Crippen LogP contribution in [0.15, 0.2) is 30.3 Å². The number of fused-ring (bicyclic) bond motifs is 1. The Morgan fingerprint density at radius 1 is 1.25 bits per heavy atom. The van der Waals surface area contributed by atoms with E-state index in [0.717, 1.165) is 5.69 Å². The van der Waals surface area contributed by atoms with Gasteiger partial charge in [-0.25, -0.2) is 4.98 Å². The molecule has 0 aliphatic carbocycles. The number of nitrogen functional groups attached to an aromatic ring is 1. The van der Waals surface area contributed by atoms with Crippen molar-refractivity contribution in [2.45, 2.75) is 6.92 Å². The molecule has 102 valence electrons. The van der Waals surface area contributed by atoms with Crippen molar-refractivity contribution in [2.75, 3.05) is 6.79 Å². The van der Waals surface area contributed by atoms with E-state index in [2.05, 4.69) is 4.98 Å². The summed E-state index contributed by atoms with van der Waals surface area (Å²) >= 11 is 0. The van der Waals surface area contributed by atoms with Crippen molar-refractivity contribution in [3.63, 3.8) is 0 Å². The average Bonchev–Trinajstić information content (AvgIpc) is 2.85. The van der Waals surface area contributed by atoms with Gasteiger partial charge < -0.3 is 19.9 Å². The molecule has 1 aliphatic heterocycles. The number of benzene rings is 1. The molecule has 3 rings (SSSR count). The molecule has 6 nitrogen and oxygen atoms in total. The highest BCUT2D eigenvalue weighted by Gasteiger charge is 2.16. The molecule has 0 unspecified atom stereocenters. The highest BCUT2D eigenvalue weighted by Crippen LogP contribution is 2.36. The number of amidine groups is 1. The second-order valence-electron chi connectivity index (χ2n) is 4.34. The number of nitrogens with one attached hydrogen (secondary N) is 1. The van der Waals surface area contributed by atoms with Gasteiger partial charge in [0.05, 0.1) is 5.56 Å². The summed E-state index contributed by atoms with van der Waals surface area (Å²) in [4.78, 5) is 4.27. The van der Waals surface area contributed by atoms with E-state index in [1.54, 1.807) is 30.3 Å². The number of nitrogens with zero attached hydrogens (tertiary/aromatic N) is 1. The molecule has 1 aliphatic rings. The van der Waals surface area contributed by atoms with Gasteiger partial charge >= 0.3 is 0 Å². The van der Waals surface area contributed by atoms with Gasteiger partial charge in [-0.2, -0.15) is 0 Å². The molecule has 3 N–H and O–H groups in total. The lowest BCUT2D eigenvalue weighted by atomic mass is 10.2. The Morgan fingerprint density at radius 2 is 2.05 bits per heavy atom. The normalized spacial score (nSPS) is 12.2. The largest absolute Gasteiger partial charge is 0.454 e. The van der Waals surface area contributed by atoms with Crippen molar-refractivity contribution >= 4 is 5.84 Å². The lowest BCUT2D eigenvalue weighted by Crippen LogP contribution is -2.13. The van der Waals surface area contributed by atoms with E-state index in [9.17, 15) is 0 Å². The highest BCUT2D eigenvalue weighted by molar-refractivity contribution is 5.97. The third-order valence-electron chi connectivity index (χ3n) is 2.85. The molecule has 2 aromatic rings. The van der Waals surface area contributed by atoms with E-state index in [0.29, 0.717) is 28.7 Å². The number of pyridine rings is 1. The second-order valence-corrected chi connectivity index (χ2v) is 4.34. The Balaban J connectivity index is 1.95. The van der Waals surface area contributed by atoms with Crippen LogP contribution in [0.2, 0.25) is 0 Å². The zero-order valence-corrected chi connectivity index (χ0v) is 10.8. The highest BCUT2D eigenvalue weighted by atomic mass is 16.7. The molecule has 0 fully saturated rings. The van der Waals surface area contributed by atoms with E-state index in [1.165, 1.54) is 0 Å². The quantitative estimate of drug-likeness (QED) is 0.659. The molecule has 0 radical (unpaired) electrons. The van der Waals surface area contributed by atoms with Crippen LogP contribution in [0.5, 0.6) is 23.1 Å². The maximum atomic E-state index is 7.55. The Hall–Kier alpha value is -2.76. The summed E-state index contributed by atoms with van der Waals surface area (Å²) in [5.74, 6) is 2.07. The van der Waals surface area contributed by atoms with Gasteiger partial charge in [-0.15, -0.1) is 0 Å².